The van der Waals surface area contributed by atoms with Crippen LogP contribution < -0.4 is 10.1 Å². The van der Waals surface area contributed by atoms with E-state index in [0.717, 1.165) is 10.0 Å². The molecule has 2 aromatic carbocycles. The molecule has 1 N–H and O–H groups in total. The smallest absolute Gasteiger partial charge is 0.342 e. The van der Waals surface area contributed by atoms with Gasteiger partial charge >= 0.3 is 5.97 Å². The summed E-state index contributed by atoms with van der Waals surface area (Å²) in [5, 5.41) is 2.42. The molecule has 0 atom stereocenters. The molecule has 0 spiro atoms. The summed E-state index contributed by atoms with van der Waals surface area (Å²) in [5.74, 6) is 1.55. The van der Waals surface area contributed by atoms with E-state index in [1.165, 1.54) is 0 Å². The molecular formula is C19H16BrNO4. The van der Waals surface area contributed by atoms with Crippen LogP contribution in [0.15, 0.2) is 53.0 Å². The van der Waals surface area contributed by atoms with Crippen molar-refractivity contribution in [2.45, 2.75) is 6.61 Å². The first-order valence-corrected chi connectivity index (χ1v) is 8.23. The van der Waals surface area contributed by atoms with Gasteiger partial charge in [-0.05, 0) is 18.2 Å². The van der Waals surface area contributed by atoms with Gasteiger partial charge in [0, 0.05) is 10.0 Å². The summed E-state index contributed by atoms with van der Waals surface area (Å²) >= 11 is 3.45. The van der Waals surface area contributed by atoms with Crippen LogP contribution in [0.3, 0.4) is 0 Å². The molecule has 5 nitrogen and oxygen atoms in total. The van der Waals surface area contributed by atoms with E-state index in [-0.39, 0.29) is 18.7 Å². The van der Waals surface area contributed by atoms with Crippen molar-refractivity contribution in [3.05, 3.63) is 64.1 Å². The number of ether oxygens (including phenoxy) is 2. The van der Waals surface area contributed by atoms with Crippen molar-refractivity contribution in [3.63, 3.8) is 0 Å². The van der Waals surface area contributed by atoms with Crippen molar-refractivity contribution >= 4 is 27.8 Å². The second-order valence-electron chi connectivity index (χ2n) is 4.93. The van der Waals surface area contributed by atoms with E-state index >= 15 is 0 Å². The van der Waals surface area contributed by atoms with Crippen LogP contribution in [-0.4, -0.2) is 25.0 Å². The maximum atomic E-state index is 12.2. The molecule has 0 fully saturated rings. The number of amides is 1. The van der Waals surface area contributed by atoms with Crippen LogP contribution in [-0.2, 0) is 16.1 Å². The first-order chi connectivity index (χ1) is 12.1. The molecule has 128 valence electrons. The van der Waals surface area contributed by atoms with Gasteiger partial charge in [-0.25, -0.2) is 4.79 Å². The van der Waals surface area contributed by atoms with Crippen LogP contribution in [0.1, 0.15) is 15.9 Å². The quantitative estimate of drug-likeness (QED) is 0.572. The Kier molecular flexibility index (Phi) is 7.05. The van der Waals surface area contributed by atoms with E-state index in [9.17, 15) is 9.59 Å². The zero-order chi connectivity index (χ0) is 18.1. The molecule has 0 radical (unpaired) electrons. The lowest BCUT2D eigenvalue weighted by Gasteiger charge is -2.12. The average Bonchev–Trinajstić information content (AvgIpc) is 2.64. The SMILES string of the molecule is C#CCNC(=O)COC(=O)c1ccccc1OCc1ccccc1Br. The molecular weight excluding hydrogens is 386 g/mol. The Morgan fingerprint density at radius 2 is 1.84 bits per heavy atom. The van der Waals surface area contributed by atoms with Crippen LogP contribution in [0.2, 0.25) is 0 Å². The zero-order valence-corrected chi connectivity index (χ0v) is 14.9. The largest absolute Gasteiger partial charge is 0.488 e. The molecule has 0 aromatic heterocycles. The number of benzene rings is 2. The van der Waals surface area contributed by atoms with Crippen molar-refractivity contribution in [1.29, 1.82) is 0 Å². The number of hydrogen-bond acceptors (Lipinski definition) is 4. The summed E-state index contributed by atoms with van der Waals surface area (Å²) in [6, 6.07) is 14.3. The molecule has 0 aliphatic carbocycles. The molecule has 2 aromatic rings. The van der Waals surface area contributed by atoms with Crippen LogP contribution >= 0.6 is 15.9 Å². The molecule has 6 heteroatoms. The third-order valence-corrected chi connectivity index (χ3v) is 3.94. The Bertz CT molecular complexity index is 798. The summed E-state index contributed by atoms with van der Waals surface area (Å²) < 4.78 is 11.7. The predicted molar refractivity (Wildman–Crippen MR) is 97.0 cm³/mol. The second kappa shape index (κ2) is 9.50. The maximum absolute atomic E-state index is 12.2. The average molecular weight is 402 g/mol. The zero-order valence-electron chi connectivity index (χ0n) is 13.3. The van der Waals surface area contributed by atoms with Crippen LogP contribution in [0.4, 0.5) is 0 Å². The fraction of sp³-hybridized carbons (Fsp3) is 0.158. The van der Waals surface area contributed by atoms with Gasteiger partial charge in [-0.15, -0.1) is 6.42 Å². The first kappa shape index (κ1) is 18.6. The highest BCUT2D eigenvalue weighted by molar-refractivity contribution is 9.10. The molecule has 0 saturated carbocycles. The van der Waals surface area contributed by atoms with Crippen molar-refractivity contribution in [3.8, 4) is 18.1 Å². The highest BCUT2D eigenvalue weighted by Crippen LogP contribution is 2.22. The number of hydrogen-bond donors (Lipinski definition) is 1. The molecule has 2 rings (SSSR count). The minimum atomic E-state index is -0.640. The summed E-state index contributed by atoms with van der Waals surface area (Å²) in [4.78, 5) is 23.6. The number of nitrogens with one attached hydrogen (secondary N) is 1. The number of terminal acetylenes is 1. The minimum Gasteiger partial charge on any atom is -0.488 e. The fourth-order valence-electron chi connectivity index (χ4n) is 1.94. The number of carbonyl (C=O) groups excluding carboxylic acids is 2. The second-order valence-corrected chi connectivity index (χ2v) is 5.79. The normalized spacial score (nSPS) is 9.76. The Hall–Kier alpha value is -2.78. The first-order valence-electron chi connectivity index (χ1n) is 7.44. The molecule has 0 bridgehead atoms. The topological polar surface area (TPSA) is 64.6 Å². The monoisotopic (exact) mass is 401 g/mol. The summed E-state index contributed by atoms with van der Waals surface area (Å²) in [6.07, 6.45) is 5.04. The molecule has 0 unspecified atom stereocenters. The standard InChI is InChI=1S/C19H16BrNO4/c1-2-11-21-18(22)13-25-19(23)15-8-4-6-10-17(15)24-12-14-7-3-5-9-16(14)20/h1,3-10H,11-13H2,(H,21,22). The van der Waals surface area contributed by atoms with E-state index < -0.39 is 18.5 Å². The van der Waals surface area contributed by atoms with E-state index in [1.807, 2.05) is 24.3 Å². The highest BCUT2D eigenvalue weighted by atomic mass is 79.9. The Balaban J connectivity index is 2.00. The van der Waals surface area contributed by atoms with Gasteiger partial charge < -0.3 is 14.8 Å². The molecule has 0 aliphatic rings. The molecule has 25 heavy (non-hydrogen) atoms. The minimum absolute atomic E-state index is 0.0854. The maximum Gasteiger partial charge on any atom is 0.342 e. The van der Waals surface area contributed by atoms with Gasteiger partial charge in [0.05, 0.1) is 6.54 Å². The number of rotatable bonds is 7. The Morgan fingerprint density at radius 1 is 1.12 bits per heavy atom. The number of halogens is 1. The third kappa shape index (κ3) is 5.66. The van der Waals surface area contributed by atoms with Crippen molar-refractivity contribution in [1.82, 2.24) is 5.32 Å². The Morgan fingerprint density at radius 3 is 2.60 bits per heavy atom. The Labute approximate surface area is 154 Å². The highest BCUT2D eigenvalue weighted by Gasteiger charge is 2.15. The van der Waals surface area contributed by atoms with Gasteiger partial charge in [0.1, 0.15) is 17.9 Å². The van der Waals surface area contributed by atoms with E-state index in [1.54, 1.807) is 24.3 Å². The molecule has 1 amide bonds. The summed E-state index contributed by atoms with van der Waals surface area (Å²) in [5.41, 5.74) is 1.19. The number of esters is 1. The lowest BCUT2D eigenvalue weighted by Crippen LogP contribution is -2.29. The predicted octanol–water partition coefficient (Wildman–Crippen LogP) is 2.93. The van der Waals surface area contributed by atoms with Crippen molar-refractivity contribution in [2.75, 3.05) is 13.2 Å². The third-order valence-electron chi connectivity index (χ3n) is 3.17. The van der Waals surface area contributed by atoms with Gasteiger partial charge in [0.2, 0.25) is 0 Å². The van der Waals surface area contributed by atoms with Gasteiger partial charge in [-0.2, -0.15) is 0 Å². The summed E-state index contributed by atoms with van der Waals surface area (Å²) in [6.45, 7) is -0.0323. The summed E-state index contributed by atoms with van der Waals surface area (Å²) in [7, 11) is 0. The lowest BCUT2D eigenvalue weighted by molar-refractivity contribution is -0.123. The van der Waals surface area contributed by atoms with Gasteiger partial charge in [-0.1, -0.05) is 52.2 Å². The van der Waals surface area contributed by atoms with Crippen molar-refractivity contribution in [2.24, 2.45) is 0 Å². The number of carbonyl (C=O) groups is 2. The van der Waals surface area contributed by atoms with E-state index in [2.05, 4.69) is 27.2 Å². The molecule has 0 aliphatic heterocycles. The molecule has 0 saturated heterocycles. The lowest BCUT2D eigenvalue weighted by atomic mass is 10.2. The van der Waals surface area contributed by atoms with Crippen molar-refractivity contribution < 1.29 is 19.1 Å². The van der Waals surface area contributed by atoms with Crippen LogP contribution in [0, 0.1) is 12.3 Å². The van der Waals surface area contributed by atoms with Crippen LogP contribution in [0.25, 0.3) is 0 Å². The fourth-order valence-corrected chi connectivity index (χ4v) is 2.34. The van der Waals surface area contributed by atoms with Gasteiger partial charge in [0.15, 0.2) is 6.61 Å². The van der Waals surface area contributed by atoms with Gasteiger partial charge in [-0.3, -0.25) is 4.79 Å². The van der Waals surface area contributed by atoms with Gasteiger partial charge in [0.25, 0.3) is 5.91 Å². The number of para-hydroxylation sites is 1. The van der Waals surface area contributed by atoms with E-state index in [0.29, 0.717) is 5.75 Å². The van der Waals surface area contributed by atoms with Crippen LogP contribution in [0.5, 0.6) is 5.75 Å². The van der Waals surface area contributed by atoms with E-state index in [4.69, 9.17) is 15.9 Å². The molecule has 0 heterocycles.